The summed E-state index contributed by atoms with van der Waals surface area (Å²) >= 11 is 0. The van der Waals surface area contributed by atoms with E-state index in [1.165, 1.54) is 0 Å². The van der Waals surface area contributed by atoms with Gasteiger partial charge in [-0.3, -0.25) is 28.8 Å². The van der Waals surface area contributed by atoms with Gasteiger partial charge in [0.2, 0.25) is 0 Å². The number of aromatic nitrogens is 9. The number of ether oxygens (including phenoxy) is 6. The van der Waals surface area contributed by atoms with Crippen LogP contribution in [0.5, 0.6) is 34.5 Å². The maximum atomic E-state index is 14.8. The molecule has 0 saturated carbocycles. The minimum atomic E-state index is -0.544. The number of ketones is 6. The number of hydrogen-bond acceptors (Lipinski definition) is 21. The van der Waals surface area contributed by atoms with Crippen molar-refractivity contribution in [2.75, 3.05) is 36.0 Å². The second-order valence-corrected chi connectivity index (χ2v) is 43.3. The number of Topliss-reactive ketones (excluding diaryl/α,β-unsaturated/α-hetero) is 6. The summed E-state index contributed by atoms with van der Waals surface area (Å²) < 4.78 is 41.8. The number of methoxy groups -OCH3 is 3. The summed E-state index contributed by atoms with van der Waals surface area (Å²) in [5, 5.41) is 28.1. The molecule has 7 aromatic carbocycles. The average Bonchev–Trinajstić information content (AvgIpc) is 0.797. The largest absolute Gasteiger partial charge is 0.497 e. The second-order valence-electron chi connectivity index (χ2n) is 43.3. The van der Waals surface area contributed by atoms with Crippen molar-refractivity contribution in [1.82, 2.24) is 45.0 Å². The van der Waals surface area contributed by atoms with E-state index in [9.17, 15) is 28.8 Å². The molecule has 0 radical (unpaired) electrons. The van der Waals surface area contributed by atoms with Crippen LogP contribution in [0.4, 0.5) is 17.1 Å². The normalized spacial score (nSPS) is 19.7. The molecular weight excluding hydrogens is 1690 g/mol. The maximum Gasteiger partial charge on any atom is 0.162 e. The lowest BCUT2D eigenvalue weighted by Crippen LogP contribution is -2.44. The molecule has 6 aliphatic carbocycles. The Morgan fingerprint density at radius 1 is 0.274 bits per heavy atom. The smallest absolute Gasteiger partial charge is 0.162 e. The van der Waals surface area contributed by atoms with Crippen molar-refractivity contribution in [3.63, 3.8) is 0 Å². The molecule has 696 valence electrons. The summed E-state index contributed by atoms with van der Waals surface area (Å²) in [7, 11) is 4.94. The summed E-state index contributed by atoms with van der Waals surface area (Å²) in [5.74, 6) is 2.61. The Morgan fingerprint density at radius 2 is 0.467 bits per heavy atom. The first kappa shape index (κ1) is 90.8. The van der Waals surface area contributed by atoms with Crippen LogP contribution in [0.15, 0.2) is 232 Å². The van der Waals surface area contributed by atoms with Crippen LogP contribution in [0.2, 0.25) is 0 Å². The molecule has 6 heterocycles. The molecular formula is C111H120N12O12. The molecule has 0 N–H and O–H groups in total. The van der Waals surface area contributed by atoms with Gasteiger partial charge in [-0.05, 0) is 251 Å². The molecule has 0 atom stereocenters. The molecule has 19 rings (SSSR count). The molecule has 3 aliphatic heterocycles. The fraction of sp³-hybridized carbons (Fsp3) is 0.405. The zero-order valence-electron chi connectivity index (χ0n) is 80.8. The van der Waals surface area contributed by atoms with Crippen molar-refractivity contribution in [2.45, 2.75) is 238 Å². The van der Waals surface area contributed by atoms with Crippen LogP contribution in [0.25, 0.3) is 0 Å². The Hall–Kier alpha value is -13.4. The molecule has 0 fully saturated rings. The molecule has 24 heteroatoms. The lowest BCUT2D eigenvalue weighted by molar-refractivity contribution is -0.120. The third-order valence-electron chi connectivity index (χ3n) is 29.0. The minimum absolute atomic E-state index is 0.0506. The Labute approximate surface area is 789 Å². The molecule has 10 aromatic rings. The Morgan fingerprint density at radius 3 is 0.659 bits per heavy atom. The maximum absolute atomic E-state index is 14.8. The van der Waals surface area contributed by atoms with Crippen LogP contribution in [0.1, 0.15) is 245 Å². The molecule has 0 amide bonds. The van der Waals surface area contributed by atoms with Crippen molar-refractivity contribution in [2.24, 2.45) is 32.5 Å². The zero-order valence-corrected chi connectivity index (χ0v) is 80.8. The highest BCUT2D eigenvalue weighted by Gasteiger charge is 2.54. The molecule has 24 nitrogen and oxygen atoms in total. The third-order valence-corrected chi connectivity index (χ3v) is 29.0. The lowest BCUT2D eigenvalue weighted by Gasteiger charge is -2.49. The monoisotopic (exact) mass is 1810 g/mol. The molecule has 0 saturated heterocycles. The first-order valence-electron chi connectivity index (χ1n) is 47.1. The number of anilines is 3. The van der Waals surface area contributed by atoms with Crippen molar-refractivity contribution in [3.8, 4) is 34.5 Å². The average molecular weight is 1810 g/mol. The van der Waals surface area contributed by atoms with E-state index in [4.69, 9.17) is 44.1 Å². The number of benzene rings is 7. The van der Waals surface area contributed by atoms with E-state index in [1.54, 1.807) is 21.3 Å². The summed E-state index contributed by atoms with van der Waals surface area (Å²) in [4.78, 5) is 95.3. The summed E-state index contributed by atoms with van der Waals surface area (Å²) in [6.07, 6.45) is 11.9. The van der Waals surface area contributed by atoms with Crippen LogP contribution < -0.4 is 43.1 Å². The highest BCUT2D eigenvalue weighted by molar-refractivity contribution is 6.11. The highest BCUT2D eigenvalue weighted by Crippen LogP contribution is 2.61. The van der Waals surface area contributed by atoms with E-state index in [0.29, 0.717) is 164 Å². The first-order valence-corrected chi connectivity index (χ1v) is 47.1. The first-order chi connectivity index (χ1) is 64.3. The number of allylic oxidation sites excluding steroid dienone is 12. The Balaban J connectivity index is 0.587. The minimum Gasteiger partial charge on any atom is -0.497 e. The van der Waals surface area contributed by atoms with Gasteiger partial charge in [-0.15, -0.1) is 15.3 Å². The van der Waals surface area contributed by atoms with Gasteiger partial charge in [-0.1, -0.05) is 135 Å². The molecule has 0 spiro atoms. The Bertz CT molecular complexity index is 5880. The van der Waals surface area contributed by atoms with E-state index in [2.05, 4.69) is 134 Å². The number of carbonyl (C=O) groups is 6. The van der Waals surface area contributed by atoms with Gasteiger partial charge >= 0.3 is 0 Å². The SMILES string of the molecule is COc1ccc(N2C3=C(C(=O)CC(C)(C)C3)C(c3ccc(OCc4cn(Cc5c(C)c(Cn6cc(COc7ccc(C8C9=C(CC(C)(C)CC9=O)N(c9ccc(OC)cc9)C9=C8C(=O)CC(C)(C)C9)cc7)nn6)c(C)c(Cn6cc(COc7ccc(C8C9=C(CC(C)(C)CC9=O)N(c9ccc(OC)cc9)C9=C8C(=O)CC(C)(C)C9)cc7)nn6)c5C)nn4)cc3)C3=C2CC(C)(C)CC3=O)cc1. The molecule has 3 aromatic heterocycles. The van der Waals surface area contributed by atoms with Gasteiger partial charge in [0.25, 0.3) is 0 Å². The van der Waals surface area contributed by atoms with E-state index in [0.717, 1.165) is 119 Å². The Kier molecular flexibility index (Phi) is 23.2. The number of rotatable bonds is 24. The van der Waals surface area contributed by atoms with Crippen molar-refractivity contribution >= 4 is 51.8 Å². The van der Waals surface area contributed by atoms with E-state index < -0.39 is 17.8 Å². The van der Waals surface area contributed by atoms with E-state index >= 15 is 0 Å². The van der Waals surface area contributed by atoms with Crippen LogP contribution >= 0.6 is 0 Å². The van der Waals surface area contributed by atoms with Gasteiger partial charge in [0.1, 0.15) is 71.4 Å². The number of carbonyl (C=O) groups excluding carboxylic acids is 6. The summed E-state index contributed by atoms with van der Waals surface area (Å²) in [5.41, 5.74) is 21.1. The van der Waals surface area contributed by atoms with Gasteiger partial charge in [-0.25, -0.2) is 14.0 Å². The third kappa shape index (κ3) is 17.6. The summed E-state index contributed by atoms with van der Waals surface area (Å²) in [6, 6.07) is 47.2. The van der Waals surface area contributed by atoms with Crippen LogP contribution in [0, 0.1) is 53.3 Å². The molecule has 0 bridgehead atoms. The van der Waals surface area contributed by atoms with Crippen molar-refractivity contribution < 1.29 is 57.2 Å². The van der Waals surface area contributed by atoms with Gasteiger partial charge in [-0.2, -0.15) is 0 Å². The predicted molar refractivity (Wildman–Crippen MR) is 515 cm³/mol. The zero-order chi connectivity index (χ0) is 95.0. The lowest BCUT2D eigenvalue weighted by atomic mass is 9.63. The second kappa shape index (κ2) is 34.5. The van der Waals surface area contributed by atoms with Gasteiger partial charge < -0.3 is 43.1 Å². The van der Waals surface area contributed by atoms with Crippen LogP contribution in [-0.4, -0.2) is 101 Å². The van der Waals surface area contributed by atoms with Crippen LogP contribution in [0.3, 0.4) is 0 Å². The topological polar surface area (TPSA) is 260 Å². The fourth-order valence-electron chi connectivity index (χ4n) is 22.8. The highest BCUT2D eigenvalue weighted by atomic mass is 16.5. The summed E-state index contributed by atoms with van der Waals surface area (Å²) in [6.45, 7) is 33.6. The molecule has 0 unspecified atom stereocenters. The molecule has 9 aliphatic rings. The van der Waals surface area contributed by atoms with Gasteiger partial charge in [0.15, 0.2) is 34.7 Å². The van der Waals surface area contributed by atoms with Gasteiger partial charge in [0.05, 0.1) is 59.6 Å². The predicted octanol–water partition coefficient (Wildman–Crippen LogP) is 21.0. The number of nitrogens with zero attached hydrogens (tertiary/aromatic N) is 12. The molecule has 135 heavy (non-hydrogen) atoms. The standard InChI is InChI=1S/C111H120N12O12/c1-64-82(58-118-55-70(112-115-118)61-133-79-31-19-67(20-32-79)97-100-85(43-106(4,5)49-91(100)124)121(73-25-37-76(130-16)38-26-73)86-44-107(6,7)50-92(125)101(86)97)65(2)84(60-120-57-72(114-117-120)63-135-81-35-23-69(24-36-81)99-104-89(47-110(12,13)53-95(104)128)123(75-29-41-78(132-18)42-30-75)90-48-111(14,15)54-96(129)105(90)99)66(3)83(64)59-119-56-71(113-116-119)62-134-80-33-21-68(22-34-80)98-102-87(45-108(8,9)51-93(102)126)122(74-27-39-77(131-17)40-28-74)88-46-109(10,11)52-94(127)103(88)98/h19-42,55-57,97-99H,43-54,58-63H2,1-18H3. The quantitative estimate of drug-likeness (QED) is 0.0544. The fourth-order valence-corrected chi connectivity index (χ4v) is 22.8. The van der Waals surface area contributed by atoms with Crippen molar-refractivity contribution in [1.29, 1.82) is 0 Å². The van der Waals surface area contributed by atoms with Crippen molar-refractivity contribution in [3.05, 3.63) is 299 Å². The van der Waals surface area contributed by atoms with E-state index in [-0.39, 0.29) is 87.0 Å². The van der Waals surface area contributed by atoms with E-state index in [1.807, 2.05) is 178 Å². The number of hydrogen-bond donors (Lipinski definition) is 0. The van der Waals surface area contributed by atoms with Crippen LogP contribution in [-0.2, 0) is 68.2 Å². The van der Waals surface area contributed by atoms with Gasteiger partial charge in [0, 0.05) is 141 Å².